The fourth-order valence-corrected chi connectivity index (χ4v) is 7.21. The van der Waals surface area contributed by atoms with E-state index in [1.165, 1.54) is 32.0 Å². The van der Waals surface area contributed by atoms with Gasteiger partial charge in [0.1, 0.15) is 34.5 Å². The molecule has 1 amide bonds. The molecule has 13 nitrogen and oxygen atoms in total. The average molecular weight is 825 g/mol. The van der Waals surface area contributed by atoms with Gasteiger partial charge in [-0.25, -0.2) is 35.4 Å². The Morgan fingerprint density at radius 1 is 1.08 bits per heavy atom. The first-order valence-corrected chi connectivity index (χ1v) is 20.1. The molecule has 0 saturated carbocycles. The summed E-state index contributed by atoms with van der Waals surface area (Å²) in [7, 11) is -7.89. The molecule has 4 aromatic rings. The summed E-state index contributed by atoms with van der Waals surface area (Å²) in [6.07, 6.45) is -5.52. The topological polar surface area (TPSA) is 192 Å². The predicted molar refractivity (Wildman–Crippen MR) is 185 cm³/mol. The number of hydrogen-bond acceptors (Lipinski definition) is 9. The van der Waals surface area contributed by atoms with Crippen LogP contribution in [0.3, 0.4) is 0 Å². The van der Waals surface area contributed by atoms with Crippen molar-refractivity contribution in [1.82, 2.24) is 20.1 Å². The van der Waals surface area contributed by atoms with Crippen LogP contribution in [0.15, 0.2) is 42.5 Å². The van der Waals surface area contributed by atoms with E-state index in [9.17, 15) is 57.5 Å². The highest BCUT2D eigenvalue weighted by molar-refractivity contribution is 7.92. The smallest absolute Gasteiger partial charge is 0.408 e. The van der Waals surface area contributed by atoms with Crippen molar-refractivity contribution in [1.29, 1.82) is 0 Å². The van der Waals surface area contributed by atoms with Gasteiger partial charge in [-0.1, -0.05) is 23.6 Å². The van der Waals surface area contributed by atoms with Gasteiger partial charge in [0.2, 0.25) is 0 Å². The highest BCUT2D eigenvalue weighted by Crippen LogP contribution is 2.42. The number of benzene rings is 2. The second-order valence-electron chi connectivity index (χ2n) is 12.2. The van der Waals surface area contributed by atoms with E-state index in [0.717, 1.165) is 24.5 Å². The molecular formula is C31H28ClF5N5O8S3-. The van der Waals surface area contributed by atoms with Gasteiger partial charge in [-0.3, -0.25) is 13.2 Å². The molecule has 2 N–H and O–H groups in total. The maximum atomic E-state index is 14.2. The lowest BCUT2D eigenvalue weighted by molar-refractivity contribution is -0.141. The number of hydrogen-bond donors (Lipinski definition) is 2. The molecule has 0 fully saturated rings. The lowest BCUT2D eigenvalue weighted by atomic mass is 9.93. The molecule has 2 aromatic carbocycles. The Hall–Kier alpha value is -4.36. The Labute approximate surface area is 307 Å². The number of aromatic nitrogens is 3. The molecule has 2 unspecified atom stereocenters. The number of carboxylic acid groups (broad SMARTS) is 1. The van der Waals surface area contributed by atoms with Crippen molar-refractivity contribution in [2.75, 3.05) is 22.7 Å². The van der Waals surface area contributed by atoms with Crippen LogP contribution in [0.5, 0.6) is 0 Å². The van der Waals surface area contributed by atoms with E-state index in [2.05, 4.69) is 27.2 Å². The second-order valence-corrected chi connectivity index (χ2v) is 18.2. The van der Waals surface area contributed by atoms with E-state index in [4.69, 9.17) is 11.6 Å². The fraction of sp³-hybridized carbons (Fsp3) is 0.323. The lowest BCUT2D eigenvalue weighted by Gasteiger charge is -2.23. The summed E-state index contributed by atoms with van der Waals surface area (Å²) in [6.45, 7) is 0.773. The summed E-state index contributed by atoms with van der Waals surface area (Å²) in [5.41, 5.74) is -1.35. The summed E-state index contributed by atoms with van der Waals surface area (Å²) in [5.74, 6) is 1.10. The number of alkyl halides is 3. The minimum absolute atomic E-state index is 0.0799. The van der Waals surface area contributed by atoms with Crippen molar-refractivity contribution < 1.29 is 57.5 Å². The summed E-state index contributed by atoms with van der Waals surface area (Å²) in [4.78, 5) is 16.5. The summed E-state index contributed by atoms with van der Waals surface area (Å²) < 4.78 is 143. The minimum Gasteiger partial charge on any atom is -0.755 e. The van der Waals surface area contributed by atoms with Crippen LogP contribution in [0, 0.1) is 23.5 Å². The number of halogens is 6. The van der Waals surface area contributed by atoms with Crippen LogP contribution in [-0.4, -0.2) is 80.9 Å². The van der Waals surface area contributed by atoms with Gasteiger partial charge >= 0.3 is 12.3 Å². The normalized spacial score (nSPS) is 13.6. The van der Waals surface area contributed by atoms with Crippen LogP contribution in [-0.2, 0) is 43.9 Å². The van der Waals surface area contributed by atoms with Gasteiger partial charge in [-0.15, -0.1) is 0 Å². The summed E-state index contributed by atoms with van der Waals surface area (Å²) in [5, 5.41) is 15.0. The van der Waals surface area contributed by atoms with Crippen LogP contribution in [0.1, 0.15) is 36.8 Å². The van der Waals surface area contributed by atoms with Crippen molar-refractivity contribution in [2.45, 2.75) is 43.8 Å². The number of amides is 1. The highest BCUT2D eigenvalue weighted by Gasteiger charge is 2.34. The number of anilines is 1. The maximum Gasteiger partial charge on any atom is 0.408 e. The molecule has 53 heavy (non-hydrogen) atoms. The number of nitrogens with zero attached hydrogens (tertiary/aromatic N) is 4. The fourth-order valence-electron chi connectivity index (χ4n) is 5.00. The van der Waals surface area contributed by atoms with Gasteiger partial charge in [0.25, 0.3) is 0 Å². The Balaban J connectivity index is 2.14. The standard InChI is InChI=1S/C31H29ClF5N5O8S3/c1-30(2,53(4,49)50)10-9-20-5-6-21(26(38-20)24(39-29(43)44)13-17-11-18(33)14-19(34)12-17)22-7-8-23(32)25-27(22)41(15-31(35,36)37)40-28(25)42(51(45)46)16-52(3,47)48/h5-8,11-12,14,24,39H,13,15-16H2,1-4H3,(H,43,44)(H,45,46)/p-1. The zero-order valence-corrected chi connectivity index (χ0v) is 31.0. The zero-order valence-electron chi connectivity index (χ0n) is 27.8. The number of carbonyl (C=O) groups is 1. The van der Waals surface area contributed by atoms with Crippen molar-refractivity contribution in [2.24, 2.45) is 0 Å². The predicted octanol–water partition coefficient (Wildman–Crippen LogP) is 4.92. The number of fused-ring (bicyclic) bond motifs is 1. The largest absolute Gasteiger partial charge is 0.755 e. The molecule has 0 aliphatic rings. The quantitative estimate of drug-likeness (QED) is 0.119. The minimum atomic E-state index is -4.99. The Morgan fingerprint density at radius 2 is 1.68 bits per heavy atom. The van der Waals surface area contributed by atoms with Gasteiger partial charge in [-0.05, 0) is 62.1 Å². The molecule has 0 spiro atoms. The second kappa shape index (κ2) is 15.2. The van der Waals surface area contributed by atoms with Crippen LogP contribution in [0.25, 0.3) is 22.0 Å². The molecule has 4 rings (SSSR count). The molecule has 0 aliphatic heterocycles. The molecule has 0 aliphatic carbocycles. The molecule has 2 atom stereocenters. The van der Waals surface area contributed by atoms with Gasteiger partial charge in [0, 0.05) is 41.0 Å². The lowest BCUT2D eigenvalue weighted by Crippen LogP contribution is -2.31. The average Bonchev–Trinajstić information content (AvgIpc) is 3.35. The third-order valence-corrected chi connectivity index (χ3v) is 11.4. The van der Waals surface area contributed by atoms with E-state index >= 15 is 0 Å². The van der Waals surface area contributed by atoms with Gasteiger partial charge < -0.3 is 15.0 Å². The van der Waals surface area contributed by atoms with E-state index in [1.54, 1.807) is 0 Å². The molecule has 286 valence electrons. The highest BCUT2D eigenvalue weighted by atomic mass is 35.5. The SMILES string of the molecule is CC(C)(C#Cc1ccc(-c2ccc(Cl)c3c(N(CS(C)(=O)=O)S(=O)[O-])nn(CC(F)(F)F)c23)c(C(Cc2cc(F)cc(F)c2)NC(=O)O)n1)S(C)(=O)=O. The Kier molecular flexibility index (Phi) is 11.9. The zero-order chi connectivity index (χ0) is 39.8. The molecule has 2 aromatic heterocycles. The number of nitrogens with one attached hydrogen (secondary N) is 1. The van der Waals surface area contributed by atoms with Crippen LogP contribution >= 0.6 is 11.6 Å². The molecule has 0 saturated heterocycles. The van der Waals surface area contributed by atoms with Gasteiger partial charge in [0.05, 0.1) is 27.7 Å². The molecule has 0 radical (unpaired) electrons. The van der Waals surface area contributed by atoms with Crippen LogP contribution in [0.2, 0.25) is 5.02 Å². The number of rotatable bonds is 11. The Bertz CT molecular complexity index is 2390. The number of sulfone groups is 2. The Morgan fingerprint density at radius 3 is 2.21 bits per heavy atom. The molecule has 22 heteroatoms. The summed E-state index contributed by atoms with van der Waals surface area (Å²) in [6, 6.07) is 5.67. The van der Waals surface area contributed by atoms with Crippen LogP contribution in [0.4, 0.5) is 32.6 Å². The van der Waals surface area contributed by atoms with Crippen molar-refractivity contribution in [3.8, 4) is 23.0 Å². The summed E-state index contributed by atoms with van der Waals surface area (Å²) >= 11 is 3.02. The first-order valence-electron chi connectivity index (χ1n) is 14.8. The first-order chi connectivity index (χ1) is 24.3. The van der Waals surface area contributed by atoms with Crippen molar-refractivity contribution >= 4 is 65.4 Å². The van der Waals surface area contributed by atoms with Gasteiger partial charge in [0.15, 0.2) is 25.5 Å². The van der Waals surface area contributed by atoms with E-state index < -0.39 is 101 Å². The third-order valence-electron chi connectivity index (χ3n) is 7.54. The maximum absolute atomic E-state index is 14.2. The van der Waals surface area contributed by atoms with Gasteiger partial charge in [-0.2, -0.15) is 18.3 Å². The van der Waals surface area contributed by atoms with Crippen LogP contribution < -0.4 is 9.62 Å². The molecule has 0 bridgehead atoms. The van der Waals surface area contributed by atoms with Crippen molar-refractivity contribution in [3.05, 3.63) is 76.1 Å². The van der Waals surface area contributed by atoms with E-state index in [-0.39, 0.29) is 37.4 Å². The van der Waals surface area contributed by atoms with E-state index in [1.807, 2.05) is 0 Å². The number of pyridine rings is 1. The van der Waals surface area contributed by atoms with Crippen molar-refractivity contribution in [3.63, 3.8) is 0 Å². The van der Waals surface area contributed by atoms with E-state index in [0.29, 0.717) is 17.0 Å². The third kappa shape index (κ3) is 10.2. The molecular weight excluding hydrogens is 797 g/mol. The first kappa shape index (κ1) is 41.4. The molecule has 2 heterocycles. The monoisotopic (exact) mass is 824 g/mol.